The van der Waals surface area contributed by atoms with Crippen molar-refractivity contribution in [1.82, 2.24) is 0 Å². The number of benzene rings is 7. The third-order valence-corrected chi connectivity index (χ3v) is 9.82. The largest absolute Gasteiger partial charge is 0.454 e. The van der Waals surface area contributed by atoms with Crippen LogP contribution in [0.1, 0.15) is 0 Å². The third kappa shape index (κ3) is 3.34. The van der Waals surface area contributed by atoms with E-state index >= 15 is 0 Å². The molecule has 7 heteroatoms. The number of carbonyl (C=O) groups is 1. The van der Waals surface area contributed by atoms with Crippen LogP contribution in [0.15, 0.2) is 138 Å². The Kier molecular flexibility index (Phi) is 4.98. The number of rotatable bonds is 2. The molecule has 3 aliphatic rings. The lowest BCUT2D eigenvalue weighted by atomic mass is 9.34. The Morgan fingerprint density at radius 2 is 1.23 bits per heavy atom. The second-order valence-corrected chi connectivity index (χ2v) is 12.3. The molecule has 0 unspecified atom stereocenters. The van der Waals surface area contributed by atoms with E-state index in [0.717, 1.165) is 60.3 Å². The van der Waals surface area contributed by atoms with E-state index in [9.17, 15) is 4.79 Å². The lowest BCUT2D eigenvalue weighted by Crippen LogP contribution is -2.60. The van der Waals surface area contributed by atoms with Gasteiger partial charge in [-0.2, -0.15) is 0 Å². The highest BCUT2D eigenvalue weighted by Crippen LogP contribution is 2.55. The molecule has 4 heterocycles. The number of amides is 1. The molecular formula is C41H22BNO5. The monoisotopic (exact) mass is 619 g/mol. The number of ether oxygens (including phenoxy) is 3. The summed E-state index contributed by atoms with van der Waals surface area (Å²) in [4.78, 5) is 16.0. The van der Waals surface area contributed by atoms with Crippen LogP contribution in [0.2, 0.25) is 0 Å². The first-order valence-electron chi connectivity index (χ1n) is 15.9. The molecule has 0 aliphatic carbocycles. The summed E-state index contributed by atoms with van der Waals surface area (Å²) in [7, 11) is 0. The molecule has 0 radical (unpaired) electrons. The first-order chi connectivity index (χ1) is 23.7. The van der Waals surface area contributed by atoms with Gasteiger partial charge in [0.25, 0.3) is 0 Å². The maximum atomic E-state index is 14.3. The van der Waals surface area contributed by atoms with Gasteiger partial charge in [-0.25, -0.2) is 9.69 Å². The first-order valence-corrected chi connectivity index (χ1v) is 15.9. The predicted molar refractivity (Wildman–Crippen MR) is 189 cm³/mol. The Hall–Kier alpha value is -6.47. The summed E-state index contributed by atoms with van der Waals surface area (Å²) in [5, 5.41) is 3.51. The van der Waals surface area contributed by atoms with Crippen LogP contribution in [-0.2, 0) is 0 Å². The summed E-state index contributed by atoms with van der Waals surface area (Å²) < 4.78 is 25.6. The molecule has 224 valence electrons. The quantitative estimate of drug-likeness (QED) is 0.181. The molecule has 8 aromatic rings. The molecule has 0 atom stereocenters. The molecule has 7 aromatic carbocycles. The molecule has 0 N–H and O–H groups in total. The normalized spacial score (nSPS) is 13.9. The van der Waals surface area contributed by atoms with Crippen LogP contribution >= 0.6 is 0 Å². The molecule has 1 amide bonds. The highest BCUT2D eigenvalue weighted by atomic mass is 16.6. The smallest absolute Gasteiger partial charge is 0.424 e. The number of hydrogen-bond acceptors (Lipinski definition) is 5. The topological polar surface area (TPSA) is 61.1 Å². The maximum absolute atomic E-state index is 14.3. The van der Waals surface area contributed by atoms with Crippen LogP contribution in [0.4, 0.5) is 16.2 Å². The fourth-order valence-corrected chi connectivity index (χ4v) is 7.84. The Morgan fingerprint density at radius 3 is 2.10 bits per heavy atom. The van der Waals surface area contributed by atoms with Crippen molar-refractivity contribution in [3.8, 4) is 39.9 Å². The van der Waals surface area contributed by atoms with Gasteiger partial charge in [-0.15, -0.1) is 0 Å². The van der Waals surface area contributed by atoms with E-state index in [-0.39, 0.29) is 6.71 Å². The molecule has 3 aliphatic heterocycles. The number of hydrogen-bond donors (Lipinski definition) is 0. The molecule has 0 bridgehead atoms. The summed E-state index contributed by atoms with van der Waals surface area (Å²) in [5.41, 5.74) is 8.17. The van der Waals surface area contributed by atoms with Crippen molar-refractivity contribution >= 4 is 73.3 Å². The van der Waals surface area contributed by atoms with Gasteiger partial charge in [-0.05, 0) is 40.3 Å². The average molecular weight is 619 g/mol. The second-order valence-electron chi connectivity index (χ2n) is 12.3. The van der Waals surface area contributed by atoms with Crippen molar-refractivity contribution in [2.75, 3.05) is 4.90 Å². The van der Waals surface area contributed by atoms with Gasteiger partial charge in [0.2, 0.25) is 6.71 Å². The van der Waals surface area contributed by atoms with E-state index in [1.807, 2.05) is 48.5 Å². The Bertz CT molecular complexity index is 2700. The molecular weight excluding hydrogens is 597 g/mol. The zero-order valence-corrected chi connectivity index (χ0v) is 25.3. The van der Waals surface area contributed by atoms with Gasteiger partial charge >= 0.3 is 6.09 Å². The predicted octanol–water partition coefficient (Wildman–Crippen LogP) is 8.78. The number of fused-ring (bicyclic) bond motifs is 9. The molecule has 1 aromatic heterocycles. The van der Waals surface area contributed by atoms with Crippen LogP contribution < -0.4 is 35.5 Å². The molecule has 0 saturated heterocycles. The third-order valence-electron chi connectivity index (χ3n) is 9.82. The number of para-hydroxylation sites is 3. The summed E-state index contributed by atoms with van der Waals surface area (Å²) >= 11 is 0. The molecule has 0 spiro atoms. The summed E-state index contributed by atoms with van der Waals surface area (Å²) in [5.74, 6) is 2.75. The van der Waals surface area contributed by atoms with Gasteiger partial charge in [0.1, 0.15) is 11.3 Å². The number of nitrogens with zero attached hydrogens (tertiary/aromatic N) is 1. The first kappa shape index (κ1) is 25.7. The Balaban J connectivity index is 1.26. The minimum Gasteiger partial charge on any atom is -0.454 e. The minimum absolute atomic E-state index is 0.225. The van der Waals surface area contributed by atoms with E-state index in [0.29, 0.717) is 40.0 Å². The van der Waals surface area contributed by atoms with Crippen LogP contribution in [0, 0.1) is 0 Å². The van der Waals surface area contributed by atoms with Crippen molar-refractivity contribution in [3.05, 3.63) is 133 Å². The molecule has 11 rings (SSSR count). The lowest BCUT2D eigenvalue weighted by molar-refractivity contribution is 0.209. The SMILES string of the molecule is O=C1Oc2cc3c(c4ccc5c(c24)N1c1c(ccc2c1oc1ccccc12)B5c1ccccc1-c1ccccc1)Oc1ccccc1O3. The van der Waals surface area contributed by atoms with Crippen LogP contribution in [0.5, 0.6) is 28.7 Å². The van der Waals surface area contributed by atoms with E-state index in [1.165, 1.54) is 0 Å². The van der Waals surface area contributed by atoms with Gasteiger partial charge in [-0.3, -0.25) is 0 Å². The van der Waals surface area contributed by atoms with Crippen LogP contribution in [0.3, 0.4) is 0 Å². The zero-order valence-electron chi connectivity index (χ0n) is 25.3. The van der Waals surface area contributed by atoms with Crippen molar-refractivity contribution in [2.45, 2.75) is 0 Å². The second kappa shape index (κ2) is 9.30. The Morgan fingerprint density at radius 1 is 0.521 bits per heavy atom. The fourth-order valence-electron chi connectivity index (χ4n) is 7.84. The molecule has 0 fully saturated rings. The highest BCUT2D eigenvalue weighted by Gasteiger charge is 2.45. The van der Waals surface area contributed by atoms with E-state index in [1.54, 1.807) is 11.0 Å². The summed E-state index contributed by atoms with van der Waals surface area (Å²) in [6, 6.07) is 44.7. The summed E-state index contributed by atoms with van der Waals surface area (Å²) in [6.07, 6.45) is -0.502. The maximum Gasteiger partial charge on any atom is 0.424 e. The molecule has 0 saturated carbocycles. The van der Waals surface area contributed by atoms with Gasteiger partial charge in [0.05, 0.1) is 16.8 Å². The average Bonchev–Trinajstić information content (AvgIpc) is 3.52. The number of anilines is 2. The van der Waals surface area contributed by atoms with E-state index in [2.05, 4.69) is 78.9 Å². The van der Waals surface area contributed by atoms with Gasteiger partial charge in [0.15, 0.2) is 28.6 Å². The molecule has 6 nitrogen and oxygen atoms in total. The fraction of sp³-hybridized carbons (Fsp3) is 0. The molecule has 48 heavy (non-hydrogen) atoms. The van der Waals surface area contributed by atoms with Crippen molar-refractivity contribution < 1.29 is 23.4 Å². The van der Waals surface area contributed by atoms with Crippen LogP contribution in [0.25, 0.3) is 43.8 Å². The van der Waals surface area contributed by atoms with Crippen molar-refractivity contribution in [3.63, 3.8) is 0 Å². The highest BCUT2D eigenvalue weighted by molar-refractivity contribution is 6.99. The standard InChI is InChI=1S/C41H22BNO5/c44-41-43-37-29(21-19-27-36(37)34(48-41)22-35-39(27)47-33-17-9-8-16-32(33)45-35)42(28-14-6-4-12-24(28)23-10-2-1-3-11-23)30-20-18-26-25-13-5-7-15-31(25)46-40(26)38(30)43/h1-22H. The number of carbonyl (C=O) groups excluding carboxylic acids is 1. The Labute approximate surface area is 274 Å². The number of furan rings is 1. The zero-order chi connectivity index (χ0) is 31.5. The van der Waals surface area contributed by atoms with Gasteiger partial charge in [0, 0.05) is 22.2 Å². The van der Waals surface area contributed by atoms with E-state index < -0.39 is 6.09 Å². The van der Waals surface area contributed by atoms with E-state index in [4.69, 9.17) is 18.6 Å². The van der Waals surface area contributed by atoms with Crippen molar-refractivity contribution in [1.29, 1.82) is 0 Å². The van der Waals surface area contributed by atoms with Gasteiger partial charge in [-0.1, -0.05) is 115 Å². The van der Waals surface area contributed by atoms with Crippen molar-refractivity contribution in [2.24, 2.45) is 0 Å². The summed E-state index contributed by atoms with van der Waals surface area (Å²) in [6.45, 7) is -0.225. The van der Waals surface area contributed by atoms with Gasteiger partial charge < -0.3 is 18.6 Å². The van der Waals surface area contributed by atoms with Crippen LogP contribution in [-0.4, -0.2) is 12.8 Å². The minimum atomic E-state index is -0.502. The lowest BCUT2D eigenvalue weighted by Gasteiger charge is -2.39.